The summed E-state index contributed by atoms with van der Waals surface area (Å²) >= 11 is 0. The number of aromatic nitrogens is 2. The van der Waals surface area contributed by atoms with Gasteiger partial charge < -0.3 is 14.8 Å². The van der Waals surface area contributed by atoms with Gasteiger partial charge in [0.25, 0.3) is 10.2 Å². The smallest absolute Gasteiger partial charge is 0.280 e. The molecule has 3 rings (SSSR count). The van der Waals surface area contributed by atoms with Crippen molar-refractivity contribution in [2.75, 3.05) is 27.8 Å². The Balaban J connectivity index is 1.68. The van der Waals surface area contributed by atoms with E-state index in [1.807, 2.05) is 38.2 Å². The summed E-state index contributed by atoms with van der Waals surface area (Å²) in [6.07, 6.45) is 2.72. The molecule has 32 heavy (non-hydrogen) atoms. The van der Waals surface area contributed by atoms with Crippen LogP contribution in [0.2, 0.25) is 0 Å². The summed E-state index contributed by atoms with van der Waals surface area (Å²) in [6.45, 7) is 4.85. The minimum atomic E-state index is -3.81. The monoisotopic (exact) mass is 465 g/mol. The number of hydrogen-bond donors (Lipinski definition) is 2. The molecule has 2 atom stereocenters. The maximum Gasteiger partial charge on any atom is 0.280 e. The van der Waals surface area contributed by atoms with Crippen molar-refractivity contribution in [3.63, 3.8) is 0 Å². The van der Waals surface area contributed by atoms with Gasteiger partial charge in [0.15, 0.2) is 11.5 Å². The molecule has 2 heterocycles. The SMILES string of the molecule is CCn1cc([C@@H]2C[C@@H](C(=O)NCCc3ccc(OC)c(OC)c3)N(C)S(=O)(=O)N2)c(C)n1. The minimum absolute atomic E-state index is 0.314. The number of carbonyl (C=O) groups excluding carboxylic acids is 1. The molecule has 1 aromatic heterocycles. The van der Waals surface area contributed by atoms with Gasteiger partial charge in [-0.25, -0.2) is 0 Å². The highest BCUT2D eigenvalue weighted by Gasteiger charge is 2.41. The molecule has 10 nitrogen and oxygen atoms in total. The van der Waals surface area contributed by atoms with E-state index in [9.17, 15) is 13.2 Å². The van der Waals surface area contributed by atoms with Gasteiger partial charge in [-0.2, -0.15) is 22.5 Å². The summed E-state index contributed by atoms with van der Waals surface area (Å²) in [5.74, 6) is 0.921. The molecule has 1 amide bonds. The molecule has 0 aliphatic carbocycles. The Morgan fingerprint density at radius 1 is 1.28 bits per heavy atom. The number of rotatable bonds is 8. The van der Waals surface area contributed by atoms with Crippen LogP contribution in [0.15, 0.2) is 24.4 Å². The molecule has 176 valence electrons. The lowest BCUT2D eigenvalue weighted by Crippen LogP contribution is -2.57. The van der Waals surface area contributed by atoms with Crippen LogP contribution in [0.1, 0.15) is 36.2 Å². The normalized spacial score (nSPS) is 20.7. The predicted molar refractivity (Wildman–Crippen MR) is 120 cm³/mol. The van der Waals surface area contributed by atoms with Crippen LogP contribution in [-0.2, 0) is 28.0 Å². The largest absolute Gasteiger partial charge is 0.493 e. The molecule has 1 fully saturated rings. The molecular weight excluding hydrogens is 434 g/mol. The molecule has 0 unspecified atom stereocenters. The lowest BCUT2D eigenvalue weighted by Gasteiger charge is -2.36. The van der Waals surface area contributed by atoms with E-state index in [4.69, 9.17) is 9.47 Å². The highest BCUT2D eigenvalue weighted by atomic mass is 32.2. The van der Waals surface area contributed by atoms with E-state index in [0.717, 1.165) is 21.1 Å². The van der Waals surface area contributed by atoms with Gasteiger partial charge in [0.05, 0.1) is 26.0 Å². The fourth-order valence-electron chi connectivity index (χ4n) is 3.83. The fraction of sp³-hybridized carbons (Fsp3) is 0.524. The Morgan fingerprint density at radius 3 is 2.62 bits per heavy atom. The van der Waals surface area contributed by atoms with E-state index in [-0.39, 0.29) is 5.91 Å². The molecule has 2 N–H and O–H groups in total. The third-order valence-electron chi connectivity index (χ3n) is 5.72. The lowest BCUT2D eigenvalue weighted by molar-refractivity contribution is -0.125. The van der Waals surface area contributed by atoms with Crippen LogP contribution in [0.25, 0.3) is 0 Å². The van der Waals surface area contributed by atoms with Crippen molar-refractivity contribution in [1.29, 1.82) is 0 Å². The molecule has 1 saturated heterocycles. The number of ether oxygens (including phenoxy) is 2. The zero-order valence-corrected chi connectivity index (χ0v) is 19.9. The van der Waals surface area contributed by atoms with Gasteiger partial charge >= 0.3 is 0 Å². The molecular formula is C21H31N5O5S. The van der Waals surface area contributed by atoms with Crippen molar-refractivity contribution < 1.29 is 22.7 Å². The average Bonchev–Trinajstić information content (AvgIpc) is 3.16. The highest BCUT2D eigenvalue weighted by Crippen LogP contribution is 2.30. The number of likely N-dealkylation sites (N-methyl/N-ethyl adjacent to an activating group) is 1. The molecule has 0 bridgehead atoms. The van der Waals surface area contributed by atoms with Gasteiger partial charge in [0.1, 0.15) is 6.04 Å². The maximum atomic E-state index is 12.9. The number of aryl methyl sites for hydroxylation is 2. The standard InChI is InChI=1S/C21H31N5O5S/c1-6-26-13-16(14(2)23-26)17-12-18(25(3)32(28,29)24-17)21(27)22-10-9-15-7-8-19(30-4)20(11-15)31-5/h7-8,11,13,17-18,24H,6,9-10,12H2,1-5H3,(H,22,27)/t17-,18-/m0/s1. The number of amides is 1. The predicted octanol–water partition coefficient (Wildman–Crippen LogP) is 1.17. The van der Waals surface area contributed by atoms with Crippen LogP contribution < -0.4 is 19.5 Å². The minimum Gasteiger partial charge on any atom is -0.493 e. The van der Waals surface area contributed by atoms with E-state index < -0.39 is 22.3 Å². The quantitative estimate of drug-likeness (QED) is 0.605. The maximum absolute atomic E-state index is 12.9. The second-order valence-electron chi connectivity index (χ2n) is 7.70. The van der Waals surface area contributed by atoms with E-state index in [1.54, 1.807) is 18.9 Å². The van der Waals surface area contributed by atoms with Gasteiger partial charge in [-0.15, -0.1) is 0 Å². The average molecular weight is 466 g/mol. The third-order valence-corrected chi connectivity index (χ3v) is 7.31. The first-order valence-electron chi connectivity index (χ1n) is 10.5. The van der Waals surface area contributed by atoms with Crippen LogP contribution >= 0.6 is 0 Å². The van der Waals surface area contributed by atoms with Crippen molar-refractivity contribution in [3.8, 4) is 11.5 Å². The van der Waals surface area contributed by atoms with Crippen LogP contribution in [0.4, 0.5) is 0 Å². The number of carbonyl (C=O) groups is 1. The van der Waals surface area contributed by atoms with E-state index in [0.29, 0.717) is 37.4 Å². The van der Waals surface area contributed by atoms with E-state index >= 15 is 0 Å². The van der Waals surface area contributed by atoms with Crippen LogP contribution in [-0.4, -0.2) is 62.3 Å². The van der Waals surface area contributed by atoms with Crippen LogP contribution in [0, 0.1) is 6.92 Å². The Morgan fingerprint density at radius 2 is 2.00 bits per heavy atom. The molecule has 2 aromatic rings. The van der Waals surface area contributed by atoms with Crippen LogP contribution in [0.3, 0.4) is 0 Å². The molecule has 0 spiro atoms. The van der Waals surface area contributed by atoms with E-state index in [2.05, 4.69) is 15.1 Å². The van der Waals surface area contributed by atoms with E-state index in [1.165, 1.54) is 7.05 Å². The summed E-state index contributed by atoms with van der Waals surface area (Å²) in [5, 5.41) is 7.27. The highest BCUT2D eigenvalue weighted by molar-refractivity contribution is 7.87. The fourth-order valence-corrected chi connectivity index (χ4v) is 5.10. The zero-order valence-electron chi connectivity index (χ0n) is 19.1. The van der Waals surface area contributed by atoms with Crippen molar-refractivity contribution in [2.24, 2.45) is 0 Å². The zero-order chi connectivity index (χ0) is 23.5. The Labute approximate surface area is 189 Å². The number of nitrogens with one attached hydrogen (secondary N) is 2. The second kappa shape index (κ2) is 9.88. The molecule has 1 aromatic carbocycles. The number of methoxy groups -OCH3 is 2. The van der Waals surface area contributed by atoms with Gasteiger partial charge in [-0.3, -0.25) is 9.48 Å². The molecule has 11 heteroatoms. The lowest BCUT2D eigenvalue weighted by atomic mass is 10.00. The molecule has 1 aliphatic rings. The Kier molecular flexibility index (Phi) is 7.42. The number of benzene rings is 1. The van der Waals surface area contributed by atoms with Gasteiger partial charge in [-0.1, -0.05) is 6.07 Å². The topological polar surface area (TPSA) is 115 Å². The third kappa shape index (κ3) is 5.05. The van der Waals surface area contributed by atoms with Crippen LogP contribution in [0.5, 0.6) is 11.5 Å². The van der Waals surface area contributed by atoms with Gasteiger partial charge in [0.2, 0.25) is 5.91 Å². The van der Waals surface area contributed by atoms with Gasteiger partial charge in [-0.05, 0) is 44.4 Å². The van der Waals surface area contributed by atoms with Gasteiger partial charge in [0, 0.05) is 31.9 Å². The Hall–Kier alpha value is -2.63. The summed E-state index contributed by atoms with van der Waals surface area (Å²) in [4.78, 5) is 12.9. The summed E-state index contributed by atoms with van der Waals surface area (Å²) in [6, 6.07) is 4.24. The van der Waals surface area contributed by atoms with Crippen molar-refractivity contribution in [3.05, 3.63) is 41.2 Å². The summed E-state index contributed by atoms with van der Waals surface area (Å²) in [7, 11) is 0.751. The van der Waals surface area contributed by atoms with Crippen molar-refractivity contribution >= 4 is 16.1 Å². The Bertz CT molecular complexity index is 1070. The summed E-state index contributed by atoms with van der Waals surface area (Å²) in [5.41, 5.74) is 2.50. The number of nitrogens with zero attached hydrogens (tertiary/aromatic N) is 3. The first-order valence-corrected chi connectivity index (χ1v) is 11.9. The van der Waals surface area contributed by atoms with Crippen molar-refractivity contribution in [2.45, 2.75) is 45.3 Å². The molecule has 1 aliphatic heterocycles. The first kappa shape index (κ1) is 24.0. The van der Waals surface area contributed by atoms with Crippen molar-refractivity contribution in [1.82, 2.24) is 24.1 Å². The second-order valence-corrected chi connectivity index (χ2v) is 9.46. The molecule has 0 radical (unpaired) electrons. The summed E-state index contributed by atoms with van der Waals surface area (Å²) < 4.78 is 41.4. The first-order chi connectivity index (χ1) is 15.2. The number of hydrogen-bond acceptors (Lipinski definition) is 6. The molecule has 0 saturated carbocycles.